The van der Waals surface area contributed by atoms with E-state index in [4.69, 9.17) is 11.6 Å². The fraction of sp³-hybridized carbons (Fsp3) is 0.174. The number of amides is 2. The highest BCUT2D eigenvalue weighted by Crippen LogP contribution is 2.47. The predicted molar refractivity (Wildman–Crippen MR) is 121 cm³/mol. The number of anilines is 1. The van der Waals surface area contributed by atoms with Crippen molar-refractivity contribution in [2.45, 2.75) is 19.3 Å². The first-order chi connectivity index (χ1) is 14.5. The highest BCUT2D eigenvalue weighted by molar-refractivity contribution is 7.18. The Bertz CT molecular complexity index is 1090. The van der Waals surface area contributed by atoms with E-state index in [1.54, 1.807) is 24.3 Å². The number of thiophene rings is 1. The summed E-state index contributed by atoms with van der Waals surface area (Å²) in [6, 6.07) is 20.8. The standard InChI is InChI=1S/C23H20ClN3O2S/c1-14(26-27-22(28)19-13-18(19)16-5-3-2-4-6-16)15-7-9-17(10-8-15)25-23(29)20-11-12-21(24)30-20/h2-12,18-19H,13H2,1H3,(H,25,29)(H,27,28)/b26-14-/t18-,19+/m0/s1. The molecule has 0 bridgehead atoms. The van der Waals surface area contributed by atoms with Crippen LogP contribution in [0.3, 0.4) is 0 Å². The molecule has 0 radical (unpaired) electrons. The molecule has 0 spiro atoms. The largest absolute Gasteiger partial charge is 0.321 e. The molecule has 30 heavy (non-hydrogen) atoms. The highest BCUT2D eigenvalue weighted by atomic mass is 35.5. The Morgan fingerprint density at radius 1 is 1.03 bits per heavy atom. The maximum Gasteiger partial charge on any atom is 0.265 e. The molecule has 2 atom stereocenters. The number of hydrogen-bond donors (Lipinski definition) is 2. The van der Waals surface area contributed by atoms with Crippen molar-refractivity contribution in [1.82, 2.24) is 5.43 Å². The molecular formula is C23H20ClN3O2S. The van der Waals surface area contributed by atoms with Crippen LogP contribution in [0.4, 0.5) is 5.69 Å². The third-order valence-electron chi connectivity index (χ3n) is 5.05. The average molecular weight is 438 g/mol. The fourth-order valence-electron chi connectivity index (χ4n) is 3.26. The van der Waals surface area contributed by atoms with Crippen LogP contribution in [-0.2, 0) is 4.79 Å². The van der Waals surface area contributed by atoms with E-state index in [0.717, 1.165) is 12.0 Å². The van der Waals surface area contributed by atoms with Gasteiger partial charge in [0.2, 0.25) is 5.91 Å². The van der Waals surface area contributed by atoms with Gasteiger partial charge in [-0.2, -0.15) is 5.10 Å². The van der Waals surface area contributed by atoms with Gasteiger partial charge in [-0.15, -0.1) is 11.3 Å². The lowest BCUT2D eigenvalue weighted by molar-refractivity contribution is -0.122. The van der Waals surface area contributed by atoms with Gasteiger partial charge in [0.05, 0.1) is 14.9 Å². The molecule has 2 aromatic carbocycles. The smallest absolute Gasteiger partial charge is 0.265 e. The van der Waals surface area contributed by atoms with E-state index in [2.05, 4.69) is 28.0 Å². The molecule has 1 aliphatic rings. The maximum atomic E-state index is 12.4. The molecule has 0 aliphatic heterocycles. The van der Waals surface area contributed by atoms with Gasteiger partial charge in [-0.25, -0.2) is 5.43 Å². The fourth-order valence-corrected chi connectivity index (χ4v) is 4.20. The molecule has 1 heterocycles. The lowest BCUT2D eigenvalue weighted by Gasteiger charge is -2.06. The van der Waals surface area contributed by atoms with Gasteiger partial charge in [0.15, 0.2) is 0 Å². The minimum absolute atomic E-state index is 0.0210. The SMILES string of the molecule is C/C(=N/NC(=O)[C@@H]1C[C@H]1c1ccccc1)c1ccc(NC(=O)c2ccc(Cl)s2)cc1. The number of carbonyl (C=O) groups is 2. The second kappa shape index (κ2) is 8.81. The normalized spacial score (nSPS) is 18.0. The first-order valence-electron chi connectivity index (χ1n) is 9.57. The Morgan fingerprint density at radius 2 is 1.77 bits per heavy atom. The van der Waals surface area contributed by atoms with Crippen LogP contribution in [0.1, 0.15) is 40.1 Å². The van der Waals surface area contributed by atoms with Crippen molar-refractivity contribution in [2.75, 3.05) is 5.32 Å². The Kier molecular flexibility index (Phi) is 5.97. The van der Waals surface area contributed by atoms with E-state index in [0.29, 0.717) is 20.6 Å². The third kappa shape index (κ3) is 4.78. The molecule has 152 valence electrons. The second-order valence-electron chi connectivity index (χ2n) is 7.17. The van der Waals surface area contributed by atoms with Crippen LogP contribution in [0.2, 0.25) is 4.34 Å². The molecule has 1 saturated carbocycles. The molecule has 0 saturated heterocycles. The van der Waals surface area contributed by atoms with Gasteiger partial charge < -0.3 is 5.32 Å². The molecule has 0 unspecified atom stereocenters. The van der Waals surface area contributed by atoms with Gasteiger partial charge in [-0.1, -0.05) is 54.1 Å². The third-order valence-corrected chi connectivity index (χ3v) is 6.28. The lowest BCUT2D eigenvalue weighted by Crippen LogP contribution is -2.21. The van der Waals surface area contributed by atoms with Crippen LogP contribution in [0, 0.1) is 5.92 Å². The van der Waals surface area contributed by atoms with Crippen LogP contribution in [0.25, 0.3) is 0 Å². The van der Waals surface area contributed by atoms with Crippen molar-refractivity contribution in [3.63, 3.8) is 0 Å². The molecule has 7 heteroatoms. The molecule has 1 aromatic heterocycles. The highest BCUT2D eigenvalue weighted by Gasteiger charge is 2.43. The Morgan fingerprint density at radius 3 is 2.43 bits per heavy atom. The summed E-state index contributed by atoms with van der Waals surface area (Å²) in [5, 5.41) is 7.08. The van der Waals surface area contributed by atoms with Crippen LogP contribution in [0.15, 0.2) is 71.8 Å². The van der Waals surface area contributed by atoms with Crippen molar-refractivity contribution in [3.8, 4) is 0 Å². The summed E-state index contributed by atoms with van der Waals surface area (Å²) in [6.07, 6.45) is 0.855. The van der Waals surface area contributed by atoms with E-state index >= 15 is 0 Å². The predicted octanol–water partition coefficient (Wildman–Crippen LogP) is 5.30. The Labute approximate surface area is 183 Å². The van der Waals surface area contributed by atoms with Gasteiger partial charge in [-0.05, 0) is 54.7 Å². The van der Waals surface area contributed by atoms with Crippen molar-refractivity contribution >= 4 is 46.2 Å². The molecule has 1 aliphatic carbocycles. The van der Waals surface area contributed by atoms with Gasteiger partial charge in [0.1, 0.15) is 0 Å². The van der Waals surface area contributed by atoms with E-state index in [-0.39, 0.29) is 23.7 Å². The number of hydrazone groups is 1. The second-order valence-corrected chi connectivity index (χ2v) is 8.88. The number of carbonyl (C=O) groups excluding carboxylic acids is 2. The average Bonchev–Trinajstić information content (AvgIpc) is 3.46. The number of benzene rings is 2. The zero-order chi connectivity index (χ0) is 21.1. The summed E-state index contributed by atoms with van der Waals surface area (Å²) in [7, 11) is 0. The summed E-state index contributed by atoms with van der Waals surface area (Å²) in [5.74, 6) is 0.00604. The van der Waals surface area contributed by atoms with Crippen LogP contribution >= 0.6 is 22.9 Å². The van der Waals surface area contributed by atoms with Crippen LogP contribution in [-0.4, -0.2) is 17.5 Å². The van der Waals surface area contributed by atoms with E-state index in [9.17, 15) is 9.59 Å². The van der Waals surface area contributed by atoms with Crippen molar-refractivity contribution in [2.24, 2.45) is 11.0 Å². The van der Waals surface area contributed by atoms with Gasteiger partial charge >= 0.3 is 0 Å². The molecule has 1 fully saturated rings. The number of hydrogen-bond acceptors (Lipinski definition) is 4. The van der Waals surface area contributed by atoms with Crippen molar-refractivity contribution in [1.29, 1.82) is 0 Å². The summed E-state index contributed by atoms with van der Waals surface area (Å²) >= 11 is 7.11. The van der Waals surface area contributed by atoms with Crippen molar-refractivity contribution in [3.05, 3.63) is 87.1 Å². The molecule has 4 rings (SSSR count). The van der Waals surface area contributed by atoms with Crippen LogP contribution < -0.4 is 10.7 Å². The zero-order valence-electron chi connectivity index (χ0n) is 16.3. The quantitative estimate of drug-likeness (QED) is 0.406. The van der Waals surface area contributed by atoms with Crippen LogP contribution in [0.5, 0.6) is 0 Å². The first kappa shape index (κ1) is 20.3. The molecule has 2 N–H and O–H groups in total. The van der Waals surface area contributed by atoms with E-state index < -0.39 is 0 Å². The summed E-state index contributed by atoms with van der Waals surface area (Å²) < 4.78 is 0.575. The van der Waals surface area contributed by atoms with E-state index in [1.165, 1.54) is 16.9 Å². The monoisotopic (exact) mass is 437 g/mol. The van der Waals surface area contributed by atoms with E-state index in [1.807, 2.05) is 37.3 Å². The zero-order valence-corrected chi connectivity index (χ0v) is 17.8. The van der Waals surface area contributed by atoms with Crippen molar-refractivity contribution < 1.29 is 9.59 Å². The first-order valence-corrected chi connectivity index (χ1v) is 10.8. The number of nitrogens with one attached hydrogen (secondary N) is 2. The molecular weight excluding hydrogens is 418 g/mol. The van der Waals surface area contributed by atoms with Gasteiger partial charge in [0.25, 0.3) is 5.91 Å². The molecule has 3 aromatic rings. The topological polar surface area (TPSA) is 70.6 Å². The lowest BCUT2D eigenvalue weighted by atomic mass is 10.1. The minimum Gasteiger partial charge on any atom is -0.321 e. The van der Waals surface area contributed by atoms with Gasteiger partial charge in [-0.3, -0.25) is 9.59 Å². The Balaban J connectivity index is 1.32. The minimum atomic E-state index is -0.199. The van der Waals surface area contributed by atoms with Gasteiger partial charge in [0, 0.05) is 11.6 Å². The number of rotatable bonds is 6. The molecule has 5 nitrogen and oxygen atoms in total. The summed E-state index contributed by atoms with van der Waals surface area (Å²) in [5.41, 5.74) is 6.11. The maximum absolute atomic E-state index is 12.4. The summed E-state index contributed by atoms with van der Waals surface area (Å²) in [4.78, 5) is 25.1. The number of halogens is 1. The summed E-state index contributed by atoms with van der Waals surface area (Å²) in [6.45, 7) is 1.84. The Hall–Kier alpha value is -2.96. The molecule has 2 amide bonds. The number of nitrogens with zero attached hydrogens (tertiary/aromatic N) is 1.